The van der Waals surface area contributed by atoms with Crippen LogP contribution in [-0.4, -0.2) is 30.2 Å². The molecule has 1 aromatic heterocycles. The Bertz CT molecular complexity index is 1420. The summed E-state index contributed by atoms with van der Waals surface area (Å²) in [6.45, 7) is 0. The number of anilines is 2. The van der Waals surface area contributed by atoms with Gasteiger partial charge in [0.15, 0.2) is 28.9 Å². The van der Waals surface area contributed by atoms with Crippen molar-refractivity contribution in [3.63, 3.8) is 0 Å². The van der Waals surface area contributed by atoms with E-state index in [-0.39, 0.29) is 39.9 Å². The highest BCUT2D eigenvalue weighted by molar-refractivity contribution is 6.32. The van der Waals surface area contributed by atoms with Crippen molar-refractivity contribution < 1.29 is 18.7 Å². The second-order valence-electron chi connectivity index (χ2n) is 8.12. The second-order valence-corrected chi connectivity index (χ2v) is 8.53. The van der Waals surface area contributed by atoms with Crippen molar-refractivity contribution in [2.75, 3.05) is 24.9 Å². The molecule has 0 saturated heterocycles. The predicted octanol–water partition coefficient (Wildman–Crippen LogP) is 6.05. The number of hydrogen-bond acceptors (Lipinski definition) is 7. The number of benzene rings is 3. The molecule has 36 heavy (non-hydrogen) atoms. The number of carbonyl (C=O) groups excluding carboxylic acids is 1. The Morgan fingerprint density at radius 1 is 0.889 bits per heavy atom. The summed E-state index contributed by atoms with van der Waals surface area (Å²) in [6, 6.07) is 22.1. The molecular formula is C27H22ClFN4O3. The van der Waals surface area contributed by atoms with Gasteiger partial charge in [0.2, 0.25) is 0 Å². The van der Waals surface area contributed by atoms with Gasteiger partial charge in [-0.25, -0.2) is 19.2 Å². The van der Waals surface area contributed by atoms with Gasteiger partial charge >= 0.3 is 5.97 Å². The molecule has 0 saturated carbocycles. The maximum atomic E-state index is 15.2. The first-order chi connectivity index (χ1) is 17.5. The normalized spacial score (nSPS) is 16.3. The van der Waals surface area contributed by atoms with Crippen LogP contribution in [0.25, 0.3) is 11.4 Å². The van der Waals surface area contributed by atoms with Crippen molar-refractivity contribution in [2.24, 2.45) is 0 Å². The Hall–Kier alpha value is -4.17. The van der Waals surface area contributed by atoms with Gasteiger partial charge in [-0.2, -0.15) is 0 Å². The lowest BCUT2D eigenvalue weighted by Gasteiger charge is -2.36. The van der Waals surface area contributed by atoms with Gasteiger partial charge in [0.05, 0.1) is 36.9 Å². The summed E-state index contributed by atoms with van der Waals surface area (Å²) in [4.78, 5) is 21.8. The van der Waals surface area contributed by atoms with Gasteiger partial charge in [0, 0.05) is 0 Å². The summed E-state index contributed by atoms with van der Waals surface area (Å²) < 4.78 is 25.4. The number of esters is 1. The standard InChI is InChI=1S/C27H22ClFN4O3/c1-35-24-18(28)14-13-17(19(24)29)25-32-23(27(34)36-2)22-26(33-25)31-21(16-11-7-4-8-12-16)20(30-22)15-9-5-3-6-10-15/h3-14,20-21,30H,1-2H3,(H,31,32,33). The summed E-state index contributed by atoms with van der Waals surface area (Å²) in [5, 5.41) is 7.00. The largest absolute Gasteiger partial charge is 0.492 e. The van der Waals surface area contributed by atoms with Crippen LogP contribution in [0.3, 0.4) is 0 Å². The highest BCUT2D eigenvalue weighted by Crippen LogP contribution is 2.44. The van der Waals surface area contributed by atoms with E-state index in [1.165, 1.54) is 26.4 Å². The Morgan fingerprint density at radius 2 is 1.50 bits per heavy atom. The number of halogens is 2. The lowest BCUT2D eigenvalue weighted by molar-refractivity contribution is 0.0595. The van der Waals surface area contributed by atoms with E-state index in [1.807, 2.05) is 60.7 Å². The first-order valence-corrected chi connectivity index (χ1v) is 11.5. The number of methoxy groups -OCH3 is 2. The Balaban J connectivity index is 1.69. The zero-order valence-electron chi connectivity index (χ0n) is 19.5. The first kappa shape index (κ1) is 23.6. The molecule has 9 heteroatoms. The first-order valence-electron chi connectivity index (χ1n) is 11.2. The molecule has 2 unspecified atom stereocenters. The number of nitrogens with one attached hydrogen (secondary N) is 2. The van der Waals surface area contributed by atoms with Crippen LogP contribution in [0.15, 0.2) is 72.8 Å². The minimum absolute atomic E-state index is 0.0131. The predicted molar refractivity (Wildman–Crippen MR) is 136 cm³/mol. The Kier molecular flexibility index (Phi) is 6.43. The molecule has 0 bridgehead atoms. The molecule has 1 aliphatic heterocycles. The molecule has 2 atom stereocenters. The molecule has 0 aliphatic carbocycles. The molecule has 2 N–H and O–H groups in total. The molecule has 0 radical (unpaired) electrons. The monoisotopic (exact) mass is 504 g/mol. The van der Waals surface area contributed by atoms with Gasteiger partial charge in [0.25, 0.3) is 0 Å². The minimum atomic E-state index is -0.730. The number of fused-ring (bicyclic) bond motifs is 1. The zero-order valence-corrected chi connectivity index (χ0v) is 20.2. The van der Waals surface area contributed by atoms with Crippen molar-refractivity contribution >= 4 is 29.1 Å². The third kappa shape index (κ3) is 4.20. The molecule has 0 spiro atoms. The van der Waals surface area contributed by atoms with Crippen molar-refractivity contribution in [2.45, 2.75) is 12.1 Å². The molecular weight excluding hydrogens is 483 g/mol. The van der Waals surface area contributed by atoms with E-state index in [2.05, 4.69) is 20.6 Å². The lowest BCUT2D eigenvalue weighted by Crippen LogP contribution is -2.32. The van der Waals surface area contributed by atoms with Crippen LogP contribution >= 0.6 is 11.6 Å². The average Bonchev–Trinajstić information content (AvgIpc) is 2.92. The van der Waals surface area contributed by atoms with Crippen LogP contribution in [0.1, 0.15) is 33.7 Å². The molecule has 3 aromatic carbocycles. The highest BCUT2D eigenvalue weighted by atomic mass is 35.5. The van der Waals surface area contributed by atoms with Crippen LogP contribution < -0.4 is 15.4 Å². The van der Waals surface area contributed by atoms with E-state index in [1.54, 1.807) is 0 Å². The smallest absolute Gasteiger partial charge is 0.359 e. The van der Waals surface area contributed by atoms with Gasteiger partial charge in [-0.1, -0.05) is 72.3 Å². The average molecular weight is 505 g/mol. The molecule has 2 heterocycles. The fourth-order valence-electron chi connectivity index (χ4n) is 4.30. The summed E-state index contributed by atoms with van der Waals surface area (Å²) in [5.41, 5.74) is 2.38. The molecule has 4 aromatic rings. The van der Waals surface area contributed by atoms with E-state index < -0.39 is 11.8 Å². The Morgan fingerprint density at radius 3 is 2.08 bits per heavy atom. The van der Waals surface area contributed by atoms with Crippen LogP contribution in [-0.2, 0) is 4.74 Å². The molecule has 182 valence electrons. The number of aromatic nitrogens is 2. The topological polar surface area (TPSA) is 85.4 Å². The quantitative estimate of drug-likeness (QED) is 0.320. The molecule has 0 amide bonds. The summed E-state index contributed by atoms with van der Waals surface area (Å²) >= 11 is 6.07. The third-order valence-electron chi connectivity index (χ3n) is 6.02. The van der Waals surface area contributed by atoms with E-state index in [0.717, 1.165) is 11.1 Å². The molecule has 5 rings (SSSR count). The van der Waals surface area contributed by atoms with Crippen molar-refractivity contribution in [3.05, 3.63) is 100 Å². The Labute approximate surface area is 212 Å². The molecule has 0 fully saturated rings. The number of ether oxygens (including phenoxy) is 2. The molecule has 7 nitrogen and oxygen atoms in total. The van der Waals surface area contributed by atoms with Crippen LogP contribution in [0.4, 0.5) is 15.9 Å². The fraction of sp³-hybridized carbons (Fsp3) is 0.148. The highest BCUT2D eigenvalue weighted by Gasteiger charge is 2.35. The maximum absolute atomic E-state index is 15.2. The SMILES string of the molecule is COC(=O)c1nc(-c2ccc(Cl)c(OC)c2F)nc2c1NC(c1ccccc1)C(c1ccccc1)N2. The molecule has 1 aliphatic rings. The van der Waals surface area contributed by atoms with Gasteiger partial charge in [-0.3, -0.25) is 0 Å². The summed E-state index contributed by atoms with van der Waals surface area (Å²) in [5.74, 6) is -1.22. The van der Waals surface area contributed by atoms with Gasteiger partial charge < -0.3 is 20.1 Å². The minimum Gasteiger partial charge on any atom is -0.492 e. The van der Waals surface area contributed by atoms with Crippen molar-refractivity contribution in [1.82, 2.24) is 9.97 Å². The summed E-state index contributed by atoms with van der Waals surface area (Å²) in [7, 11) is 2.58. The zero-order chi connectivity index (χ0) is 25.2. The van der Waals surface area contributed by atoms with Crippen LogP contribution in [0.5, 0.6) is 5.75 Å². The van der Waals surface area contributed by atoms with Crippen LogP contribution in [0, 0.1) is 5.82 Å². The third-order valence-corrected chi connectivity index (χ3v) is 6.32. The fourth-order valence-corrected chi connectivity index (χ4v) is 4.52. The van der Waals surface area contributed by atoms with Crippen molar-refractivity contribution in [3.8, 4) is 17.1 Å². The number of hydrogen-bond donors (Lipinski definition) is 2. The van der Waals surface area contributed by atoms with E-state index in [9.17, 15) is 4.79 Å². The van der Waals surface area contributed by atoms with E-state index in [4.69, 9.17) is 21.1 Å². The lowest BCUT2D eigenvalue weighted by atomic mass is 9.91. The second kappa shape index (κ2) is 9.83. The number of nitrogens with zero attached hydrogens (tertiary/aromatic N) is 2. The number of carbonyl (C=O) groups is 1. The van der Waals surface area contributed by atoms with Gasteiger partial charge in [-0.15, -0.1) is 0 Å². The van der Waals surface area contributed by atoms with E-state index in [0.29, 0.717) is 11.5 Å². The maximum Gasteiger partial charge on any atom is 0.359 e. The van der Waals surface area contributed by atoms with Gasteiger partial charge in [-0.05, 0) is 23.3 Å². The van der Waals surface area contributed by atoms with Crippen molar-refractivity contribution in [1.29, 1.82) is 0 Å². The van der Waals surface area contributed by atoms with Crippen LogP contribution in [0.2, 0.25) is 5.02 Å². The van der Waals surface area contributed by atoms with Gasteiger partial charge in [0.1, 0.15) is 5.69 Å². The van der Waals surface area contributed by atoms with E-state index >= 15 is 4.39 Å². The summed E-state index contributed by atoms with van der Waals surface area (Å²) in [6.07, 6.45) is 0. The number of rotatable bonds is 5.